The van der Waals surface area contributed by atoms with Gasteiger partial charge in [0.05, 0.1) is 22.8 Å². The second-order valence-corrected chi connectivity index (χ2v) is 4.89. The highest BCUT2D eigenvalue weighted by Gasteiger charge is 2.27. The van der Waals surface area contributed by atoms with E-state index in [2.05, 4.69) is 5.32 Å². The maximum absolute atomic E-state index is 12.0. The Bertz CT molecular complexity index is 505. The lowest BCUT2D eigenvalue weighted by atomic mass is 10.1. The number of aliphatic hydroxyl groups excluding tert-OH is 1. The number of carbonyl (C=O) groups is 2. The molecule has 110 valence electrons. The Morgan fingerprint density at radius 1 is 1.35 bits per heavy atom. The average Bonchev–Trinajstić information content (AvgIpc) is 2.38. The second-order valence-electron chi connectivity index (χ2n) is 4.07. The predicted molar refractivity (Wildman–Crippen MR) is 76.0 cm³/mol. The second kappa shape index (κ2) is 7.47. The Kier molecular flexibility index (Phi) is 6.26. The topological polar surface area (TPSA) is 75.6 Å². The lowest BCUT2D eigenvalue weighted by Gasteiger charge is -2.19. The van der Waals surface area contributed by atoms with Gasteiger partial charge in [0.1, 0.15) is 0 Å². The molecule has 0 saturated carbocycles. The van der Waals surface area contributed by atoms with Gasteiger partial charge in [-0.3, -0.25) is 4.79 Å². The van der Waals surface area contributed by atoms with Gasteiger partial charge in [0, 0.05) is 5.56 Å². The van der Waals surface area contributed by atoms with Crippen molar-refractivity contribution in [1.29, 1.82) is 0 Å². The third kappa shape index (κ3) is 4.37. The number of rotatable bonds is 5. The SMILES string of the molecule is CCOC(=O)[C@H](NC(=O)c1ccc(Cl)c(Cl)c1)[C@H](C)O. The largest absolute Gasteiger partial charge is 0.464 e. The molecule has 0 aliphatic heterocycles. The normalized spacial score (nSPS) is 13.4. The molecule has 0 spiro atoms. The summed E-state index contributed by atoms with van der Waals surface area (Å²) in [5.74, 6) is -1.25. The zero-order valence-corrected chi connectivity index (χ0v) is 12.5. The zero-order chi connectivity index (χ0) is 15.3. The molecule has 0 radical (unpaired) electrons. The molecule has 2 N–H and O–H groups in total. The maximum atomic E-state index is 12.0. The molecule has 0 aromatic heterocycles. The van der Waals surface area contributed by atoms with E-state index in [1.165, 1.54) is 25.1 Å². The van der Waals surface area contributed by atoms with E-state index >= 15 is 0 Å². The van der Waals surface area contributed by atoms with Crippen LogP contribution >= 0.6 is 23.2 Å². The summed E-state index contributed by atoms with van der Waals surface area (Å²) in [4.78, 5) is 23.6. The number of hydrogen-bond acceptors (Lipinski definition) is 4. The zero-order valence-electron chi connectivity index (χ0n) is 11.0. The molecule has 1 aromatic rings. The fourth-order valence-electron chi connectivity index (χ4n) is 1.47. The minimum atomic E-state index is -1.14. The molecule has 2 atom stereocenters. The van der Waals surface area contributed by atoms with Crippen molar-refractivity contribution in [3.05, 3.63) is 33.8 Å². The monoisotopic (exact) mass is 319 g/mol. The quantitative estimate of drug-likeness (QED) is 0.814. The molecule has 0 heterocycles. The minimum Gasteiger partial charge on any atom is -0.464 e. The number of amides is 1. The van der Waals surface area contributed by atoms with Crippen LogP contribution < -0.4 is 5.32 Å². The molecule has 0 aliphatic rings. The predicted octanol–water partition coefficient (Wildman–Crippen LogP) is 2.04. The molecular weight excluding hydrogens is 305 g/mol. The molecule has 7 heteroatoms. The number of esters is 1. The molecule has 0 saturated heterocycles. The minimum absolute atomic E-state index is 0.157. The summed E-state index contributed by atoms with van der Waals surface area (Å²) in [6, 6.07) is 3.18. The van der Waals surface area contributed by atoms with Crippen molar-refractivity contribution in [2.75, 3.05) is 6.61 Å². The molecule has 5 nitrogen and oxygen atoms in total. The molecule has 0 fully saturated rings. The summed E-state index contributed by atoms with van der Waals surface area (Å²) in [7, 11) is 0. The fourth-order valence-corrected chi connectivity index (χ4v) is 1.77. The summed E-state index contributed by atoms with van der Waals surface area (Å²) < 4.78 is 4.78. The Hall–Kier alpha value is -1.30. The van der Waals surface area contributed by atoms with Crippen LogP contribution in [-0.4, -0.2) is 35.7 Å². The van der Waals surface area contributed by atoms with Gasteiger partial charge in [-0.05, 0) is 32.0 Å². The van der Waals surface area contributed by atoms with Gasteiger partial charge in [-0.1, -0.05) is 23.2 Å². The smallest absolute Gasteiger partial charge is 0.331 e. The third-order valence-electron chi connectivity index (χ3n) is 2.49. The summed E-state index contributed by atoms with van der Waals surface area (Å²) in [5.41, 5.74) is 0.231. The van der Waals surface area contributed by atoms with Gasteiger partial charge in [0.2, 0.25) is 0 Å². The van der Waals surface area contributed by atoms with E-state index in [1.54, 1.807) is 6.92 Å². The van der Waals surface area contributed by atoms with Gasteiger partial charge < -0.3 is 15.2 Å². The first kappa shape index (κ1) is 16.8. The van der Waals surface area contributed by atoms with Crippen LogP contribution in [0.15, 0.2) is 18.2 Å². The number of aliphatic hydroxyl groups is 1. The highest BCUT2D eigenvalue weighted by Crippen LogP contribution is 2.22. The Morgan fingerprint density at radius 3 is 2.50 bits per heavy atom. The molecule has 0 aliphatic carbocycles. The van der Waals surface area contributed by atoms with Gasteiger partial charge >= 0.3 is 5.97 Å². The van der Waals surface area contributed by atoms with E-state index in [0.29, 0.717) is 5.02 Å². The number of nitrogens with one attached hydrogen (secondary N) is 1. The number of ether oxygens (including phenoxy) is 1. The third-order valence-corrected chi connectivity index (χ3v) is 3.23. The lowest BCUT2D eigenvalue weighted by Crippen LogP contribution is -2.48. The van der Waals surface area contributed by atoms with Gasteiger partial charge in [-0.2, -0.15) is 0 Å². The molecular formula is C13H15Cl2NO4. The van der Waals surface area contributed by atoms with Crippen LogP contribution in [0.25, 0.3) is 0 Å². The van der Waals surface area contributed by atoms with Crippen LogP contribution in [0, 0.1) is 0 Å². The van der Waals surface area contributed by atoms with Crippen molar-refractivity contribution in [3.63, 3.8) is 0 Å². The van der Waals surface area contributed by atoms with Gasteiger partial charge in [0.25, 0.3) is 5.91 Å². The van der Waals surface area contributed by atoms with E-state index in [0.717, 1.165) is 0 Å². The van der Waals surface area contributed by atoms with E-state index in [9.17, 15) is 14.7 Å². The summed E-state index contributed by atoms with van der Waals surface area (Å²) in [6.07, 6.45) is -1.08. The molecule has 1 rings (SSSR count). The van der Waals surface area contributed by atoms with E-state index < -0.39 is 24.0 Å². The fraction of sp³-hybridized carbons (Fsp3) is 0.385. The van der Waals surface area contributed by atoms with Crippen LogP contribution in [0.2, 0.25) is 10.0 Å². The number of benzene rings is 1. The highest BCUT2D eigenvalue weighted by molar-refractivity contribution is 6.42. The van der Waals surface area contributed by atoms with Gasteiger partial charge in [-0.25, -0.2) is 4.79 Å². The maximum Gasteiger partial charge on any atom is 0.331 e. The molecule has 1 aromatic carbocycles. The Labute approximate surface area is 126 Å². The number of hydrogen-bond donors (Lipinski definition) is 2. The first-order valence-electron chi connectivity index (χ1n) is 5.97. The van der Waals surface area contributed by atoms with E-state index in [-0.39, 0.29) is 17.2 Å². The Morgan fingerprint density at radius 2 is 2.00 bits per heavy atom. The van der Waals surface area contributed by atoms with Crippen LogP contribution in [0.1, 0.15) is 24.2 Å². The lowest BCUT2D eigenvalue weighted by molar-refractivity contribution is -0.148. The van der Waals surface area contributed by atoms with Crippen molar-refractivity contribution >= 4 is 35.1 Å². The molecule has 0 bridgehead atoms. The van der Waals surface area contributed by atoms with Crippen LogP contribution in [0.4, 0.5) is 0 Å². The molecule has 1 amide bonds. The van der Waals surface area contributed by atoms with Crippen molar-refractivity contribution in [2.45, 2.75) is 26.0 Å². The summed E-state index contributed by atoms with van der Waals surface area (Å²) in [6.45, 7) is 3.18. The standard InChI is InChI=1S/C13H15Cl2NO4/c1-3-20-13(19)11(7(2)17)16-12(18)8-4-5-9(14)10(15)6-8/h4-7,11,17H,3H2,1-2H3,(H,16,18)/t7-,11+/m0/s1. The van der Waals surface area contributed by atoms with Gasteiger partial charge in [0.15, 0.2) is 6.04 Å². The first-order valence-corrected chi connectivity index (χ1v) is 6.73. The van der Waals surface area contributed by atoms with Crippen LogP contribution in [0.5, 0.6) is 0 Å². The number of halogens is 2. The van der Waals surface area contributed by atoms with Crippen molar-refractivity contribution in [3.8, 4) is 0 Å². The summed E-state index contributed by atoms with van der Waals surface area (Å²) >= 11 is 11.6. The first-order chi connectivity index (χ1) is 9.36. The molecule has 0 unspecified atom stereocenters. The van der Waals surface area contributed by atoms with E-state index in [1.807, 2.05) is 0 Å². The number of carbonyl (C=O) groups excluding carboxylic acids is 2. The van der Waals surface area contributed by atoms with Crippen molar-refractivity contribution < 1.29 is 19.4 Å². The molecule has 20 heavy (non-hydrogen) atoms. The van der Waals surface area contributed by atoms with Crippen LogP contribution in [0.3, 0.4) is 0 Å². The van der Waals surface area contributed by atoms with Crippen molar-refractivity contribution in [1.82, 2.24) is 5.32 Å². The van der Waals surface area contributed by atoms with E-state index in [4.69, 9.17) is 27.9 Å². The van der Waals surface area contributed by atoms with Gasteiger partial charge in [-0.15, -0.1) is 0 Å². The average molecular weight is 320 g/mol. The Balaban J connectivity index is 2.85. The van der Waals surface area contributed by atoms with Crippen molar-refractivity contribution in [2.24, 2.45) is 0 Å². The van der Waals surface area contributed by atoms with Crippen LogP contribution in [-0.2, 0) is 9.53 Å². The summed E-state index contributed by atoms with van der Waals surface area (Å²) in [5, 5.41) is 12.5. The highest BCUT2D eigenvalue weighted by atomic mass is 35.5.